The van der Waals surface area contributed by atoms with Crippen molar-refractivity contribution < 1.29 is 4.74 Å². The Hall–Kier alpha value is -2.61. The molecule has 0 bridgehead atoms. The molecule has 0 radical (unpaired) electrons. The number of rotatable bonds is 6. The summed E-state index contributed by atoms with van der Waals surface area (Å²) in [6.45, 7) is 4.02. The minimum atomic E-state index is 0.0889. The normalized spacial score (nSPS) is 18.3. The lowest BCUT2D eigenvalue weighted by molar-refractivity contribution is 0.242. The van der Waals surface area contributed by atoms with Gasteiger partial charge in [-0.15, -0.1) is 17.8 Å². The standard InChI is InChI=1S/C29H32N2OS/c1-4-20-17-21(13-16-27(20)32-19(2)3)29-30-18-28(33-29)25-12-8-11-24-23(25)14-15-26(24)31-22-9-6-5-7-10-22/h1,8,11-13,16-19,22,26,31H,5-7,9-10,14-15H2,2-3H3. The Labute approximate surface area is 201 Å². The van der Waals surface area contributed by atoms with Gasteiger partial charge in [0, 0.05) is 23.8 Å². The molecule has 0 saturated heterocycles. The predicted octanol–water partition coefficient (Wildman–Crippen LogP) is 7.16. The van der Waals surface area contributed by atoms with Crippen molar-refractivity contribution >= 4 is 11.3 Å². The molecule has 1 fully saturated rings. The maximum Gasteiger partial charge on any atom is 0.135 e. The molecule has 0 aliphatic heterocycles. The number of terminal acetylenes is 1. The molecule has 5 rings (SSSR count). The first-order chi connectivity index (χ1) is 16.1. The van der Waals surface area contributed by atoms with Gasteiger partial charge in [-0.1, -0.05) is 43.4 Å². The van der Waals surface area contributed by atoms with Crippen molar-refractivity contribution in [2.75, 3.05) is 0 Å². The van der Waals surface area contributed by atoms with Gasteiger partial charge < -0.3 is 10.1 Å². The Morgan fingerprint density at radius 3 is 2.76 bits per heavy atom. The topological polar surface area (TPSA) is 34.2 Å². The molecule has 1 aromatic heterocycles. The van der Waals surface area contributed by atoms with E-state index in [0.29, 0.717) is 12.1 Å². The smallest absolute Gasteiger partial charge is 0.135 e. The van der Waals surface area contributed by atoms with E-state index >= 15 is 0 Å². The molecule has 4 heteroatoms. The van der Waals surface area contributed by atoms with Gasteiger partial charge in [0.1, 0.15) is 10.8 Å². The van der Waals surface area contributed by atoms with E-state index in [1.165, 1.54) is 60.1 Å². The lowest BCUT2D eigenvalue weighted by Gasteiger charge is -2.27. The van der Waals surface area contributed by atoms with Crippen LogP contribution in [0.5, 0.6) is 5.75 Å². The number of nitrogens with one attached hydrogen (secondary N) is 1. The van der Waals surface area contributed by atoms with Crippen LogP contribution in [0.15, 0.2) is 42.6 Å². The molecule has 1 N–H and O–H groups in total. The number of aromatic nitrogens is 1. The van der Waals surface area contributed by atoms with Crippen LogP contribution in [0.1, 0.15) is 75.1 Å². The molecular weight excluding hydrogens is 424 g/mol. The Kier molecular flexibility index (Phi) is 6.53. The summed E-state index contributed by atoms with van der Waals surface area (Å²) in [7, 11) is 0. The van der Waals surface area contributed by atoms with Crippen molar-refractivity contribution in [3.63, 3.8) is 0 Å². The summed E-state index contributed by atoms with van der Waals surface area (Å²) in [5.41, 5.74) is 6.12. The first-order valence-electron chi connectivity index (χ1n) is 12.2. The number of ether oxygens (including phenoxy) is 1. The van der Waals surface area contributed by atoms with E-state index in [4.69, 9.17) is 16.1 Å². The summed E-state index contributed by atoms with van der Waals surface area (Å²) >= 11 is 1.74. The Balaban J connectivity index is 1.39. The summed E-state index contributed by atoms with van der Waals surface area (Å²) in [6.07, 6.45) is 17.0. The molecule has 33 heavy (non-hydrogen) atoms. The van der Waals surface area contributed by atoms with E-state index in [1.54, 1.807) is 11.3 Å². The zero-order valence-corrected chi connectivity index (χ0v) is 20.4. The average Bonchev–Trinajstić information content (AvgIpc) is 3.48. The molecule has 3 nitrogen and oxygen atoms in total. The highest BCUT2D eigenvalue weighted by Crippen LogP contribution is 2.41. The van der Waals surface area contributed by atoms with Crippen LogP contribution in [-0.4, -0.2) is 17.1 Å². The van der Waals surface area contributed by atoms with Crippen LogP contribution >= 0.6 is 11.3 Å². The molecule has 170 valence electrons. The van der Waals surface area contributed by atoms with E-state index in [0.717, 1.165) is 28.3 Å². The lowest BCUT2D eigenvalue weighted by Crippen LogP contribution is -2.33. The fourth-order valence-corrected chi connectivity index (χ4v) is 6.24. The number of benzene rings is 2. The average molecular weight is 457 g/mol. The second-order valence-electron chi connectivity index (χ2n) is 9.52. The van der Waals surface area contributed by atoms with Crippen LogP contribution in [0, 0.1) is 12.3 Å². The number of nitrogens with zero attached hydrogens (tertiary/aromatic N) is 1. The van der Waals surface area contributed by atoms with Gasteiger partial charge in [0.05, 0.1) is 16.5 Å². The van der Waals surface area contributed by atoms with Crippen molar-refractivity contribution in [2.24, 2.45) is 0 Å². The van der Waals surface area contributed by atoms with Gasteiger partial charge in [0.25, 0.3) is 0 Å². The summed E-state index contributed by atoms with van der Waals surface area (Å²) in [4.78, 5) is 5.99. The van der Waals surface area contributed by atoms with E-state index < -0.39 is 0 Å². The van der Waals surface area contributed by atoms with E-state index in [2.05, 4.69) is 35.5 Å². The third kappa shape index (κ3) is 4.71. The zero-order valence-electron chi connectivity index (χ0n) is 19.6. The molecular formula is C29H32N2OS. The third-order valence-electron chi connectivity index (χ3n) is 6.83. The van der Waals surface area contributed by atoms with Gasteiger partial charge in [-0.3, -0.25) is 0 Å². The second-order valence-corrected chi connectivity index (χ2v) is 10.5. The third-order valence-corrected chi connectivity index (χ3v) is 7.91. The molecule has 0 spiro atoms. The highest BCUT2D eigenvalue weighted by molar-refractivity contribution is 7.18. The molecule has 2 aliphatic rings. The van der Waals surface area contributed by atoms with Crippen LogP contribution in [0.3, 0.4) is 0 Å². The van der Waals surface area contributed by atoms with Crippen molar-refractivity contribution in [3.8, 4) is 39.1 Å². The Morgan fingerprint density at radius 1 is 1.12 bits per heavy atom. The van der Waals surface area contributed by atoms with Crippen LogP contribution in [0.25, 0.3) is 21.0 Å². The highest BCUT2D eigenvalue weighted by atomic mass is 32.1. The molecule has 1 saturated carbocycles. The maximum absolute atomic E-state index is 5.85. The first-order valence-corrected chi connectivity index (χ1v) is 13.1. The fourth-order valence-electron chi connectivity index (χ4n) is 5.28. The first kappa shape index (κ1) is 22.2. The maximum atomic E-state index is 5.85. The molecule has 1 unspecified atom stereocenters. The summed E-state index contributed by atoms with van der Waals surface area (Å²) in [5, 5.41) is 4.96. The van der Waals surface area contributed by atoms with Crippen molar-refractivity contribution in [2.45, 2.75) is 77.0 Å². The van der Waals surface area contributed by atoms with E-state index in [9.17, 15) is 0 Å². The minimum absolute atomic E-state index is 0.0889. The Bertz CT molecular complexity index is 1170. The van der Waals surface area contributed by atoms with Gasteiger partial charge in [-0.25, -0.2) is 4.98 Å². The molecule has 1 atom stereocenters. The number of hydrogen-bond donors (Lipinski definition) is 1. The zero-order chi connectivity index (χ0) is 22.8. The fraction of sp³-hybridized carbons (Fsp3) is 0.414. The van der Waals surface area contributed by atoms with Gasteiger partial charge in [-0.05, 0) is 74.4 Å². The highest BCUT2D eigenvalue weighted by Gasteiger charge is 2.28. The van der Waals surface area contributed by atoms with E-state index in [1.807, 2.05) is 32.2 Å². The molecule has 0 amide bonds. The van der Waals surface area contributed by atoms with Crippen LogP contribution < -0.4 is 10.1 Å². The number of hydrogen-bond acceptors (Lipinski definition) is 4. The van der Waals surface area contributed by atoms with Crippen molar-refractivity contribution in [1.29, 1.82) is 0 Å². The minimum Gasteiger partial charge on any atom is -0.490 e. The summed E-state index contributed by atoms with van der Waals surface area (Å²) in [5.74, 6) is 3.52. The van der Waals surface area contributed by atoms with Gasteiger partial charge >= 0.3 is 0 Å². The van der Waals surface area contributed by atoms with Crippen molar-refractivity contribution in [3.05, 3.63) is 59.3 Å². The lowest BCUT2D eigenvalue weighted by atomic mass is 9.94. The van der Waals surface area contributed by atoms with Gasteiger partial charge in [-0.2, -0.15) is 0 Å². The summed E-state index contributed by atoms with van der Waals surface area (Å²) < 4.78 is 5.85. The van der Waals surface area contributed by atoms with Crippen molar-refractivity contribution in [1.82, 2.24) is 10.3 Å². The molecule has 2 aliphatic carbocycles. The van der Waals surface area contributed by atoms with E-state index in [-0.39, 0.29) is 6.10 Å². The number of fused-ring (bicyclic) bond motifs is 1. The molecule has 2 aromatic carbocycles. The van der Waals surface area contributed by atoms with Crippen LogP contribution in [0.2, 0.25) is 0 Å². The molecule has 3 aromatic rings. The van der Waals surface area contributed by atoms with Gasteiger partial charge in [0.15, 0.2) is 0 Å². The Morgan fingerprint density at radius 2 is 1.97 bits per heavy atom. The summed E-state index contributed by atoms with van der Waals surface area (Å²) in [6, 6.07) is 14.0. The molecule has 1 heterocycles. The SMILES string of the molecule is C#Cc1cc(-c2ncc(-c3cccc4c3CCC4NC3CCCCC3)s2)ccc1OC(C)C. The quantitative estimate of drug-likeness (QED) is 0.400. The largest absolute Gasteiger partial charge is 0.490 e. The monoisotopic (exact) mass is 456 g/mol. The van der Waals surface area contributed by atoms with Gasteiger partial charge in [0.2, 0.25) is 0 Å². The van der Waals surface area contributed by atoms with Crippen LogP contribution in [0.4, 0.5) is 0 Å². The van der Waals surface area contributed by atoms with Crippen LogP contribution in [-0.2, 0) is 6.42 Å². The predicted molar refractivity (Wildman–Crippen MR) is 138 cm³/mol. The number of thiazole rings is 1. The second kappa shape index (κ2) is 9.71.